The third kappa shape index (κ3) is 6.39. The third-order valence-corrected chi connectivity index (χ3v) is 7.33. The molecule has 0 heterocycles. The number of ether oxygens (including phenoxy) is 3. The van der Waals surface area contributed by atoms with Gasteiger partial charge in [-0.3, -0.25) is 9.10 Å². The maximum Gasteiger partial charge on any atom is 0.338 e. The van der Waals surface area contributed by atoms with E-state index in [9.17, 15) is 18.0 Å². The Hall–Kier alpha value is -4.05. The standard InChI is InChI=1S/C27H30N2O7S/c1-6-36-27(31)20-9-13-23(19(3)15-20)28-26(30)17-29(21-10-7-18(2)8-11-21)37(32,33)22-12-14-24(34-4)25(16-22)35-5/h7-16H,6,17H2,1-5H3,(H,28,30). The van der Waals surface area contributed by atoms with Crippen molar-refractivity contribution >= 4 is 33.3 Å². The highest BCUT2D eigenvalue weighted by atomic mass is 32.2. The van der Waals surface area contributed by atoms with Crippen molar-refractivity contribution in [2.75, 3.05) is 37.0 Å². The van der Waals surface area contributed by atoms with Crippen LogP contribution in [0.3, 0.4) is 0 Å². The van der Waals surface area contributed by atoms with Crippen molar-refractivity contribution in [1.82, 2.24) is 0 Å². The van der Waals surface area contributed by atoms with Crippen molar-refractivity contribution in [3.63, 3.8) is 0 Å². The van der Waals surface area contributed by atoms with E-state index in [1.54, 1.807) is 56.3 Å². The quantitative estimate of drug-likeness (QED) is 0.392. The summed E-state index contributed by atoms with van der Waals surface area (Å²) in [7, 11) is -1.30. The van der Waals surface area contributed by atoms with E-state index in [-0.39, 0.29) is 17.3 Å². The number of nitrogens with zero attached hydrogens (tertiary/aromatic N) is 1. The molecule has 3 aromatic carbocycles. The van der Waals surface area contributed by atoms with E-state index in [4.69, 9.17) is 14.2 Å². The number of nitrogens with one attached hydrogen (secondary N) is 1. The molecule has 0 unspecified atom stereocenters. The molecule has 0 atom stereocenters. The van der Waals surface area contributed by atoms with Crippen LogP contribution in [0.2, 0.25) is 0 Å². The zero-order valence-corrected chi connectivity index (χ0v) is 22.2. The number of anilines is 2. The molecule has 0 aliphatic heterocycles. The van der Waals surface area contributed by atoms with E-state index >= 15 is 0 Å². The third-order valence-electron chi connectivity index (χ3n) is 5.56. The molecule has 0 aliphatic carbocycles. The Morgan fingerprint density at radius 1 is 0.892 bits per heavy atom. The zero-order chi connectivity index (χ0) is 27.2. The summed E-state index contributed by atoms with van der Waals surface area (Å²) in [5.74, 6) is -0.399. The molecular weight excluding hydrogens is 496 g/mol. The van der Waals surface area contributed by atoms with Crippen molar-refractivity contribution in [2.24, 2.45) is 0 Å². The number of hydrogen-bond acceptors (Lipinski definition) is 7. The Labute approximate surface area is 217 Å². The molecule has 3 aromatic rings. The first-order valence-electron chi connectivity index (χ1n) is 11.5. The van der Waals surface area contributed by atoms with Crippen molar-refractivity contribution in [2.45, 2.75) is 25.7 Å². The van der Waals surface area contributed by atoms with Gasteiger partial charge >= 0.3 is 5.97 Å². The molecule has 0 saturated heterocycles. The first kappa shape index (κ1) is 27.5. The molecule has 0 aliphatic rings. The van der Waals surface area contributed by atoms with Gasteiger partial charge in [0.05, 0.1) is 37.0 Å². The van der Waals surface area contributed by atoms with Crippen LogP contribution < -0.4 is 19.1 Å². The molecule has 1 N–H and O–H groups in total. The average molecular weight is 527 g/mol. The van der Waals surface area contributed by atoms with Crippen LogP contribution in [-0.4, -0.2) is 47.7 Å². The molecule has 0 spiro atoms. The Kier molecular flexibility index (Phi) is 8.77. The molecule has 10 heteroatoms. The lowest BCUT2D eigenvalue weighted by atomic mass is 10.1. The highest BCUT2D eigenvalue weighted by molar-refractivity contribution is 7.92. The fourth-order valence-electron chi connectivity index (χ4n) is 3.60. The Morgan fingerprint density at radius 3 is 2.16 bits per heavy atom. The summed E-state index contributed by atoms with van der Waals surface area (Å²) in [5, 5.41) is 2.74. The number of amides is 1. The van der Waals surface area contributed by atoms with Crippen molar-refractivity contribution in [3.05, 3.63) is 77.4 Å². The van der Waals surface area contributed by atoms with Gasteiger partial charge in [-0.25, -0.2) is 13.2 Å². The lowest BCUT2D eigenvalue weighted by molar-refractivity contribution is -0.114. The van der Waals surface area contributed by atoms with E-state index in [1.165, 1.54) is 32.4 Å². The highest BCUT2D eigenvalue weighted by Gasteiger charge is 2.28. The number of benzene rings is 3. The summed E-state index contributed by atoms with van der Waals surface area (Å²) in [4.78, 5) is 25.0. The molecule has 9 nitrogen and oxygen atoms in total. The van der Waals surface area contributed by atoms with Crippen molar-refractivity contribution in [1.29, 1.82) is 0 Å². The summed E-state index contributed by atoms with van der Waals surface area (Å²) in [5.41, 5.74) is 2.70. The first-order valence-corrected chi connectivity index (χ1v) is 12.9. The van der Waals surface area contributed by atoms with Crippen LogP contribution in [-0.2, 0) is 19.6 Å². The summed E-state index contributed by atoms with van der Waals surface area (Å²) >= 11 is 0. The van der Waals surface area contributed by atoms with Gasteiger partial charge in [0.2, 0.25) is 5.91 Å². The summed E-state index contributed by atoms with van der Waals surface area (Å²) in [6.45, 7) is 5.09. The van der Waals surface area contributed by atoms with Gasteiger partial charge in [0.25, 0.3) is 10.0 Å². The first-order chi connectivity index (χ1) is 17.6. The van der Waals surface area contributed by atoms with Crippen LogP contribution in [0.5, 0.6) is 11.5 Å². The number of sulfonamides is 1. The maximum absolute atomic E-state index is 13.7. The Balaban J connectivity index is 1.93. The number of methoxy groups -OCH3 is 2. The number of carbonyl (C=O) groups excluding carboxylic acids is 2. The smallest absolute Gasteiger partial charge is 0.338 e. The van der Waals surface area contributed by atoms with E-state index in [0.29, 0.717) is 28.3 Å². The van der Waals surface area contributed by atoms with E-state index in [2.05, 4.69) is 5.32 Å². The minimum absolute atomic E-state index is 0.0616. The normalized spacial score (nSPS) is 10.9. The SMILES string of the molecule is CCOC(=O)c1ccc(NC(=O)CN(c2ccc(C)cc2)S(=O)(=O)c2ccc(OC)c(OC)c2)c(C)c1. The molecule has 1 amide bonds. The van der Waals surface area contributed by atoms with Crippen molar-refractivity contribution < 1.29 is 32.2 Å². The molecule has 0 bridgehead atoms. The van der Waals surface area contributed by atoms with Gasteiger partial charge in [-0.15, -0.1) is 0 Å². The molecule has 0 saturated carbocycles. The second kappa shape index (κ2) is 11.8. The number of aryl methyl sites for hydroxylation is 2. The summed E-state index contributed by atoms with van der Waals surface area (Å²) < 4.78 is 44.0. The lowest BCUT2D eigenvalue weighted by Gasteiger charge is -2.25. The van der Waals surface area contributed by atoms with Crippen molar-refractivity contribution in [3.8, 4) is 11.5 Å². The van der Waals surface area contributed by atoms with Gasteiger partial charge in [-0.2, -0.15) is 0 Å². The maximum atomic E-state index is 13.7. The molecule has 3 rings (SSSR count). The van der Waals surface area contributed by atoms with Gasteiger partial charge in [-0.1, -0.05) is 17.7 Å². The van der Waals surface area contributed by atoms with E-state index in [0.717, 1.165) is 9.87 Å². The predicted octanol–water partition coefficient (Wildman–Crippen LogP) is 4.33. The number of esters is 1. The predicted molar refractivity (Wildman–Crippen MR) is 141 cm³/mol. The number of hydrogen-bond donors (Lipinski definition) is 1. The van der Waals surface area contributed by atoms with Crippen LogP contribution in [0.15, 0.2) is 65.6 Å². The molecule has 0 fully saturated rings. The molecule has 0 radical (unpaired) electrons. The van der Waals surface area contributed by atoms with Gasteiger partial charge in [0.1, 0.15) is 6.54 Å². The van der Waals surface area contributed by atoms with Crippen LogP contribution in [0.25, 0.3) is 0 Å². The fraction of sp³-hybridized carbons (Fsp3) is 0.259. The second-order valence-corrected chi connectivity index (χ2v) is 10.0. The van der Waals surface area contributed by atoms with Gasteiger partial charge in [-0.05, 0) is 68.8 Å². The lowest BCUT2D eigenvalue weighted by Crippen LogP contribution is -2.38. The largest absolute Gasteiger partial charge is 0.493 e. The fourth-order valence-corrected chi connectivity index (χ4v) is 5.03. The van der Waals surface area contributed by atoms with E-state index in [1.807, 2.05) is 6.92 Å². The second-order valence-electron chi connectivity index (χ2n) is 8.16. The summed E-state index contributed by atoms with van der Waals surface area (Å²) in [6.07, 6.45) is 0. The van der Waals surface area contributed by atoms with E-state index < -0.39 is 28.4 Å². The van der Waals surface area contributed by atoms with Crippen LogP contribution >= 0.6 is 0 Å². The monoisotopic (exact) mass is 526 g/mol. The molecule has 196 valence electrons. The zero-order valence-electron chi connectivity index (χ0n) is 21.4. The highest BCUT2D eigenvalue weighted by Crippen LogP contribution is 2.32. The topological polar surface area (TPSA) is 111 Å². The van der Waals surface area contributed by atoms with Crippen LogP contribution in [0, 0.1) is 13.8 Å². The van der Waals surface area contributed by atoms with Gasteiger partial charge in [0.15, 0.2) is 11.5 Å². The molecule has 0 aromatic heterocycles. The summed E-state index contributed by atoms with van der Waals surface area (Å²) in [6, 6.07) is 15.8. The minimum atomic E-state index is -4.17. The number of carbonyl (C=O) groups is 2. The Morgan fingerprint density at radius 2 is 1.57 bits per heavy atom. The van der Waals surface area contributed by atoms with Gasteiger partial charge in [0, 0.05) is 11.8 Å². The van der Waals surface area contributed by atoms with Crippen LogP contribution in [0.4, 0.5) is 11.4 Å². The molecular formula is C27H30N2O7S. The van der Waals surface area contributed by atoms with Gasteiger partial charge < -0.3 is 19.5 Å². The average Bonchev–Trinajstić information content (AvgIpc) is 2.88. The van der Waals surface area contributed by atoms with Crippen LogP contribution in [0.1, 0.15) is 28.4 Å². The Bertz CT molecular complexity index is 1390. The minimum Gasteiger partial charge on any atom is -0.493 e. The molecule has 37 heavy (non-hydrogen) atoms. The number of rotatable bonds is 10.